The zero-order valence-electron chi connectivity index (χ0n) is 47.7. The molecule has 4 aliphatic carbocycles. The third-order valence-electron chi connectivity index (χ3n) is 19.5. The molecule has 23 atom stereocenters. The first-order chi connectivity index (χ1) is 38.6. The first-order valence-corrected chi connectivity index (χ1v) is 28.8. The number of carboxylic acid groups (broad SMARTS) is 1. The van der Waals surface area contributed by atoms with Gasteiger partial charge in [0.15, 0.2) is 18.9 Å². The Kier molecular flexibility index (Phi) is 19.8. The molecular formula is C58H88N2O22. The number of esters is 1. The van der Waals surface area contributed by atoms with Crippen LogP contribution in [0.4, 0.5) is 0 Å². The second kappa shape index (κ2) is 25.3. The van der Waals surface area contributed by atoms with Crippen molar-refractivity contribution >= 4 is 23.8 Å². The molecule has 3 heterocycles. The molecule has 1 spiro atoms. The Bertz CT molecular complexity index is 2410. The fourth-order valence-corrected chi connectivity index (χ4v) is 15.2. The zero-order chi connectivity index (χ0) is 60.0. The van der Waals surface area contributed by atoms with Gasteiger partial charge in [-0.2, -0.15) is 0 Å². The number of rotatable bonds is 20. The van der Waals surface area contributed by atoms with E-state index in [1.807, 2.05) is 33.8 Å². The lowest BCUT2D eigenvalue weighted by atomic mass is 9.40. The fraction of sp³-hybridized carbons (Fsp3) is 0.793. The Morgan fingerprint density at radius 1 is 0.744 bits per heavy atom. The summed E-state index contributed by atoms with van der Waals surface area (Å²) in [6.07, 6.45) is -21.9. The third-order valence-corrected chi connectivity index (χ3v) is 19.5. The molecule has 24 heteroatoms. The highest BCUT2D eigenvalue weighted by Gasteiger charge is 2.70. The van der Waals surface area contributed by atoms with Crippen LogP contribution in [-0.2, 0) is 58.8 Å². The van der Waals surface area contributed by atoms with E-state index in [0.29, 0.717) is 63.4 Å². The highest BCUT2D eigenvalue weighted by Crippen LogP contribution is 2.74. The summed E-state index contributed by atoms with van der Waals surface area (Å²) in [6.45, 7) is 12.3. The molecule has 8 rings (SSSR count). The number of hydrogen-bond acceptors (Lipinski definition) is 21. The van der Waals surface area contributed by atoms with Crippen LogP contribution in [0.2, 0.25) is 0 Å². The Morgan fingerprint density at radius 3 is 1.87 bits per heavy atom. The maximum atomic E-state index is 15.9. The number of amides is 2. The SMILES string of the molecule is C=C1C[C@@]23CC[C@H]4[C@@](C)(CCC[C@@]4(C)C(=O)N(CCC(C)(C)C)C(CC(=O)O)C(=O)NC(Cc4ccccc4)C(=O)OC)[C@@H]2CC[C@]1(O[C@@H]1O[C@H](CO)[C@@H](O)[C@H](O[C@@H]2O[C@H](CO)[C@@H](O)[C@H](O)[C@H]2O)[C@H]1O[C@@H]1O[C@H](CO)[C@@H](O)[C@H](O)[C@H]1O)C3. The first-order valence-electron chi connectivity index (χ1n) is 28.8. The van der Waals surface area contributed by atoms with E-state index in [9.17, 15) is 70.6 Å². The van der Waals surface area contributed by atoms with Crippen molar-refractivity contribution in [1.82, 2.24) is 10.2 Å². The Morgan fingerprint density at radius 2 is 1.30 bits per heavy atom. The Labute approximate surface area is 477 Å². The van der Waals surface area contributed by atoms with Gasteiger partial charge in [0, 0.05) is 18.4 Å². The molecule has 0 radical (unpaired) electrons. The molecule has 12 N–H and O–H groups in total. The van der Waals surface area contributed by atoms with Gasteiger partial charge < -0.3 is 99.5 Å². The number of nitrogens with one attached hydrogen (secondary N) is 1. The van der Waals surface area contributed by atoms with E-state index < -0.39 is 170 Å². The average Bonchev–Trinajstić information content (AvgIpc) is 1.58. The van der Waals surface area contributed by atoms with E-state index in [4.69, 9.17) is 33.2 Å². The van der Waals surface area contributed by atoms with E-state index in [1.54, 1.807) is 24.3 Å². The van der Waals surface area contributed by atoms with E-state index in [0.717, 1.165) is 12.0 Å². The van der Waals surface area contributed by atoms with Gasteiger partial charge in [-0.3, -0.25) is 14.4 Å². The van der Waals surface area contributed by atoms with Gasteiger partial charge in [0.25, 0.3) is 0 Å². The van der Waals surface area contributed by atoms with Gasteiger partial charge in [-0.25, -0.2) is 4.79 Å². The molecule has 2 unspecified atom stereocenters. The number of nitrogens with zero attached hydrogens (tertiary/aromatic N) is 1. The number of hydrogen-bond donors (Lipinski definition) is 12. The number of ether oxygens (including phenoxy) is 7. The van der Waals surface area contributed by atoms with Crippen LogP contribution >= 0.6 is 0 Å². The quantitative estimate of drug-likeness (QED) is 0.0447. The molecule has 1 aromatic rings. The minimum Gasteiger partial charge on any atom is -0.481 e. The van der Waals surface area contributed by atoms with Crippen LogP contribution in [0, 0.1) is 33.5 Å². The van der Waals surface area contributed by atoms with Crippen LogP contribution in [0.15, 0.2) is 42.5 Å². The van der Waals surface area contributed by atoms with Crippen molar-refractivity contribution in [1.29, 1.82) is 0 Å². The van der Waals surface area contributed by atoms with Gasteiger partial charge in [0.1, 0.15) is 85.3 Å². The second-order valence-electron chi connectivity index (χ2n) is 25.9. The second-order valence-corrected chi connectivity index (χ2v) is 25.9. The number of carbonyl (C=O) groups is 4. The number of aliphatic carboxylic acids is 1. The molecule has 462 valence electrons. The van der Waals surface area contributed by atoms with Crippen molar-refractivity contribution in [3.05, 3.63) is 48.0 Å². The van der Waals surface area contributed by atoms with Gasteiger partial charge in [0.2, 0.25) is 11.8 Å². The minimum absolute atomic E-state index is 0.0233. The molecular weight excluding hydrogens is 1080 g/mol. The predicted octanol–water partition coefficient (Wildman–Crippen LogP) is -0.448. The summed E-state index contributed by atoms with van der Waals surface area (Å²) in [5.74, 6) is -3.42. The van der Waals surface area contributed by atoms with Gasteiger partial charge in [-0.15, -0.1) is 0 Å². The lowest BCUT2D eigenvalue weighted by Gasteiger charge is -2.64. The van der Waals surface area contributed by atoms with Gasteiger partial charge >= 0.3 is 11.9 Å². The molecule has 24 nitrogen and oxygen atoms in total. The third kappa shape index (κ3) is 12.4. The van der Waals surface area contributed by atoms with Crippen molar-refractivity contribution in [2.75, 3.05) is 33.5 Å². The average molecular weight is 1170 g/mol. The summed E-state index contributed by atoms with van der Waals surface area (Å²) in [4.78, 5) is 57.9. The molecule has 2 amide bonds. The molecule has 82 heavy (non-hydrogen) atoms. The maximum absolute atomic E-state index is 15.9. The molecule has 4 saturated carbocycles. The largest absolute Gasteiger partial charge is 0.481 e. The summed E-state index contributed by atoms with van der Waals surface area (Å²) in [5.41, 5.74) is -2.13. The summed E-state index contributed by atoms with van der Waals surface area (Å²) >= 11 is 0. The smallest absolute Gasteiger partial charge is 0.328 e. The summed E-state index contributed by atoms with van der Waals surface area (Å²) in [6, 6.07) is 6.32. The molecule has 0 aromatic heterocycles. The highest BCUT2D eigenvalue weighted by molar-refractivity contribution is 5.94. The number of carbonyl (C=O) groups excluding carboxylic acids is 3. The van der Waals surface area contributed by atoms with Gasteiger partial charge in [-0.05, 0) is 97.0 Å². The van der Waals surface area contributed by atoms with Crippen molar-refractivity contribution < 1.29 is 109 Å². The van der Waals surface area contributed by atoms with E-state index in [1.165, 1.54) is 12.0 Å². The van der Waals surface area contributed by atoms with E-state index in [-0.39, 0.29) is 36.1 Å². The number of benzene rings is 1. The number of aliphatic hydroxyl groups is 10. The highest BCUT2D eigenvalue weighted by atomic mass is 16.8. The van der Waals surface area contributed by atoms with Crippen LogP contribution in [-0.4, -0.2) is 228 Å². The van der Waals surface area contributed by atoms with Crippen LogP contribution in [0.5, 0.6) is 0 Å². The van der Waals surface area contributed by atoms with Crippen molar-refractivity contribution in [3.63, 3.8) is 0 Å². The van der Waals surface area contributed by atoms with Gasteiger partial charge in [-0.1, -0.05) is 78.0 Å². The number of aliphatic hydroxyl groups excluding tert-OH is 10. The monoisotopic (exact) mass is 1160 g/mol. The summed E-state index contributed by atoms with van der Waals surface area (Å²) in [7, 11) is 1.20. The zero-order valence-corrected chi connectivity index (χ0v) is 47.7. The van der Waals surface area contributed by atoms with Crippen molar-refractivity contribution in [2.45, 2.75) is 221 Å². The molecule has 7 aliphatic rings. The topological polar surface area (TPSA) is 371 Å². The molecule has 1 aromatic carbocycles. The molecule has 2 bridgehead atoms. The van der Waals surface area contributed by atoms with Crippen LogP contribution in [0.3, 0.4) is 0 Å². The molecule has 3 aliphatic heterocycles. The lowest BCUT2D eigenvalue weighted by Crippen LogP contribution is -2.68. The molecule has 7 fully saturated rings. The number of carboxylic acids is 1. The van der Waals surface area contributed by atoms with Crippen LogP contribution in [0.1, 0.15) is 111 Å². The normalized spacial score (nSPS) is 41.8. The van der Waals surface area contributed by atoms with Crippen LogP contribution < -0.4 is 5.32 Å². The maximum Gasteiger partial charge on any atom is 0.328 e. The number of methoxy groups -OCH3 is 1. The minimum atomic E-state index is -1.98. The summed E-state index contributed by atoms with van der Waals surface area (Å²) in [5, 5.41) is 121. The summed E-state index contributed by atoms with van der Waals surface area (Å²) < 4.78 is 42.4. The first kappa shape index (κ1) is 64.2. The fourth-order valence-electron chi connectivity index (χ4n) is 15.2. The predicted molar refractivity (Wildman–Crippen MR) is 285 cm³/mol. The van der Waals surface area contributed by atoms with Crippen molar-refractivity contribution in [2.24, 2.45) is 33.5 Å². The number of fused-ring (bicyclic) bond motifs is 3. The van der Waals surface area contributed by atoms with E-state index >= 15 is 4.79 Å². The molecule has 3 saturated heterocycles. The van der Waals surface area contributed by atoms with Crippen molar-refractivity contribution in [3.8, 4) is 0 Å². The standard InChI is InChI=1S/C58H88N2O22/c1-29-24-57-18-14-36-55(5,16-11-17-56(36,6)53(75)60(21-20-54(2,3)4)32(23-38(64)65)48(73)59-31(49(74)76-7)22-30-12-9-8-10-13-30)37(57)15-19-58(29,28-57)82-52-47(81-51-45(72)43(70)40(67)34(26-62)78-51)46(41(68)35(27-63)79-52)80-50-44(71)42(69)39(66)33(25-61)77-50/h8-10,12-13,31-37,39-47,50-52,61-63,66-72H,1,11,14-28H2,2-7H3,(H,59,73)(H,64,65)/t31?,32?,33-,34-,35-,36+,37+,39-,40-,41-,42+,43+,44-,45-,46+,47-,50+,51+,52+,55-,56-,57-,58+/m1/s1. The van der Waals surface area contributed by atoms with Crippen LogP contribution in [0.25, 0.3) is 0 Å². The van der Waals surface area contributed by atoms with Gasteiger partial charge in [0.05, 0.1) is 39.0 Å². The van der Waals surface area contributed by atoms with E-state index in [2.05, 4.69) is 18.8 Å². The Balaban J connectivity index is 1.09. The lowest BCUT2D eigenvalue weighted by molar-refractivity contribution is -0.400. The Hall–Kier alpha value is -3.80.